The van der Waals surface area contributed by atoms with Crippen molar-refractivity contribution in [2.24, 2.45) is 0 Å². The molecule has 10 heteroatoms. The largest absolute Gasteiger partial charge is 0.428 e. The fraction of sp³-hybridized carbons (Fsp3) is 0.304. The molecule has 1 N–H and O–H groups in total. The molecule has 174 valence electrons. The Kier molecular flexibility index (Phi) is 7.41. The van der Waals surface area contributed by atoms with Gasteiger partial charge in [-0.2, -0.15) is 4.98 Å². The monoisotopic (exact) mass is 508 g/mol. The molecule has 4 rings (SSSR count). The van der Waals surface area contributed by atoms with Gasteiger partial charge in [0.25, 0.3) is 0 Å². The number of sulfone groups is 1. The third-order valence-corrected chi connectivity index (χ3v) is 8.35. The molecule has 0 radical (unpaired) electrons. The highest BCUT2D eigenvalue weighted by Gasteiger charge is 2.29. The third kappa shape index (κ3) is 5.77. The van der Waals surface area contributed by atoms with E-state index in [1.807, 2.05) is 0 Å². The maximum absolute atomic E-state index is 13.3. The quantitative estimate of drug-likeness (QED) is 0.423. The van der Waals surface area contributed by atoms with Crippen LogP contribution in [0.5, 0.6) is 0 Å². The lowest BCUT2D eigenvalue weighted by Crippen LogP contribution is -2.37. The lowest BCUT2D eigenvalue weighted by atomic mass is 9.95. The lowest BCUT2D eigenvalue weighted by molar-refractivity contribution is -0.119. The van der Waals surface area contributed by atoms with Gasteiger partial charge in [0.15, 0.2) is 0 Å². The second-order valence-electron chi connectivity index (χ2n) is 7.77. The molecule has 1 aromatic heterocycles. The third-order valence-electron chi connectivity index (χ3n) is 5.34. The Hall–Kier alpha value is -2.36. The summed E-state index contributed by atoms with van der Waals surface area (Å²) >= 11 is 6.86. The second kappa shape index (κ2) is 10.3. The molecule has 0 aliphatic heterocycles. The van der Waals surface area contributed by atoms with Crippen molar-refractivity contribution in [3.8, 4) is 11.5 Å². The van der Waals surface area contributed by atoms with Crippen LogP contribution in [0.1, 0.15) is 32.1 Å². The number of oxazole rings is 1. The Morgan fingerprint density at radius 1 is 1.09 bits per heavy atom. The molecular formula is C23H22ClFN2O4S2. The van der Waals surface area contributed by atoms with Crippen LogP contribution < -0.4 is 5.32 Å². The molecule has 1 aliphatic rings. The number of halogens is 2. The first-order valence-corrected chi connectivity index (χ1v) is 13.4. The highest BCUT2D eigenvalue weighted by molar-refractivity contribution is 8.00. The van der Waals surface area contributed by atoms with E-state index < -0.39 is 15.7 Å². The molecule has 1 heterocycles. The van der Waals surface area contributed by atoms with Crippen LogP contribution in [-0.2, 0) is 14.6 Å². The van der Waals surface area contributed by atoms with Gasteiger partial charge in [-0.15, -0.1) is 0 Å². The topological polar surface area (TPSA) is 89.3 Å². The average molecular weight is 509 g/mol. The van der Waals surface area contributed by atoms with E-state index in [-0.39, 0.29) is 38.6 Å². The Morgan fingerprint density at radius 2 is 1.76 bits per heavy atom. The molecule has 2 aromatic carbocycles. The van der Waals surface area contributed by atoms with Crippen LogP contribution in [0.25, 0.3) is 11.5 Å². The Balaban J connectivity index is 1.61. The minimum atomic E-state index is -4.05. The zero-order chi connectivity index (χ0) is 23.4. The minimum Gasteiger partial charge on any atom is -0.428 e. The number of thioether (sulfide) groups is 1. The number of rotatable bonds is 7. The molecule has 33 heavy (non-hydrogen) atoms. The van der Waals surface area contributed by atoms with Crippen molar-refractivity contribution in [1.82, 2.24) is 10.3 Å². The minimum absolute atomic E-state index is 0.000590. The molecule has 6 nitrogen and oxygen atoms in total. The molecule has 0 saturated heterocycles. The maximum atomic E-state index is 13.3. The number of hydrogen-bond acceptors (Lipinski definition) is 6. The molecule has 1 saturated carbocycles. The number of nitrogens with one attached hydrogen (secondary N) is 1. The van der Waals surface area contributed by atoms with Gasteiger partial charge in [-0.3, -0.25) is 4.79 Å². The zero-order valence-corrected chi connectivity index (χ0v) is 20.0. The molecule has 1 aliphatic carbocycles. The first-order valence-electron chi connectivity index (χ1n) is 10.5. The van der Waals surface area contributed by atoms with E-state index >= 15 is 0 Å². The molecule has 3 aromatic rings. The molecule has 0 bridgehead atoms. The lowest BCUT2D eigenvalue weighted by Gasteiger charge is -2.22. The summed E-state index contributed by atoms with van der Waals surface area (Å²) in [6, 6.07) is 11.2. The van der Waals surface area contributed by atoms with Gasteiger partial charge in [-0.1, -0.05) is 42.6 Å². The fourth-order valence-corrected chi connectivity index (χ4v) is 6.11. The highest BCUT2D eigenvalue weighted by atomic mass is 35.5. The van der Waals surface area contributed by atoms with E-state index in [0.29, 0.717) is 10.6 Å². The number of aromatic nitrogens is 1. The van der Waals surface area contributed by atoms with Crippen LogP contribution in [0.2, 0.25) is 5.02 Å². The van der Waals surface area contributed by atoms with E-state index in [1.54, 1.807) is 0 Å². The fourth-order valence-electron chi connectivity index (χ4n) is 3.64. The molecule has 0 atom stereocenters. The van der Waals surface area contributed by atoms with Gasteiger partial charge < -0.3 is 9.73 Å². The number of amides is 1. The van der Waals surface area contributed by atoms with Crippen LogP contribution in [0, 0.1) is 5.82 Å². The first kappa shape index (κ1) is 23.8. The zero-order valence-electron chi connectivity index (χ0n) is 17.6. The summed E-state index contributed by atoms with van der Waals surface area (Å²) in [6.07, 6.45) is 5.25. The Bertz CT molecular complexity index is 1220. The van der Waals surface area contributed by atoms with Crippen molar-refractivity contribution in [2.45, 2.75) is 53.2 Å². The SMILES string of the molecule is O=C(CSc1oc(-c2ccc(F)cc2)nc1S(=O)(=O)c1ccc(Cl)cc1)NC1CCCCC1. The summed E-state index contributed by atoms with van der Waals surface area (Å²) in [6.45, 7) is 0. The van der Waals surface area contributed by atoms with Crippen LogP contribution >= 0.6 is 23.4 Å². The number of hydrogen-bond donors (Lipinski definition) is 1. The van der Waals surface area contributed by atoms with Crippen molar-refractivity contribution in [3.63, 3.8) is 0 Å². The van der Waals surface area contributed by atoms with E-state index in [1.165, 1.54) is 55.0 Å². The molecule has 0 spiro atoms. The summed E-state index contributed by atoms with van der Waals surface area (Å²) in [5.74, 6) is -0.620. The second-order valence-corrected chi connectivity index (χ2v) is 11.0. The van der Waals surface area contributed by atoms with Gasteiger partial charge in [0.05, 0.1) is 10.6 Å². The van der Waals surface area contributed by atoms with Crippen LogP contribution in [0.3, 0.4) is 0 Å². The van der Waals surface area contributed by atoms with Crippen LogP contribution in [0.4, 0.5) is 4.39 Å². The maximum Gasteiger partial charge on any atom is 0.230 e. The summed E-state index contributed by atoms with van der Waals surface area (Å²) in [7, 11) is -4.05. The normalized spacial score (nSPS) is 14.8. The summed E-state index contributed by atoms with van der Waals surface area (Å²) in [4.78, 5) is 16.7. The van der Waals surface area contributed by atoms with E-state index in [9.17, 15) is 17.6 Å². The van der Waals surface area contributed by atoms with Crippen molar-refractivity contribution in [1.29, 1.82) is 0 Å². The van der Waals surface area contributed by atoms with Gasteiger partial charge in [-0.25, -0.2) is 12.8 Å². The smallest absolute Gasteiger partial charge is 0.230 e. The number of carbonyl (C=O) groups is 1. The Labute approximate surface area is 200 Å². The summed E-state index contributed by atoms with van der Waals surface area (Å²) in [5, 5.41) is 3.11. The van der Waals surface area contributed by atoms with E-state index in [4.69, 9.17) is 16.0 Å². The van der Waals surface area contributed by atoms with Gasteiger partial charge in [0, 0.05) is 16.6 Å². The Morgan fingerprint density at radius 3 is 2.42 bits per heavy atom. The van der Waals surface area contributed by atoms with Gasteiger partial charge >= 0.3 is 0 Å². The van der Waals surface area contributed by atoms with Crippen molar-refractivity contribution < 1.29 is 22.0 Å². The number of carbonyl (C=O) groups excluding carboxylic acids is 1. The molecule has 1 fully saturated rings. The summed E-state index contributed by atoms with van der Waals surface area (Å²) in [5.41, 5.74) is 0.419. The van der Waals surface area contributed by atoms with Crippen molar-refractivity contribution >= 4 is 39.1 Å². The predicted molar refractivity (Wildman–Crippen MR) is 125 cm³/mol. The van der Waals surface area contributed by atoms with Crippen molar-refractivity contribution in [3.05, 3.63) is 59.4 Å². The number of benzene rings is 2. The summed E-state index contributed by atoms with van der Waals surface area (Å²) < 4.78 is 45.7. The van der Waals surface area contributed by atoms with E-state index in [0.717, 1.165) is 37.4 Å². The van der Waals surface area contributed by atoms with Crippen molar-refractivity contribution in [2.75, 3.05) is 5.75 Å². The van der Waals surface area contributed by atoms with Gasteiger partial charge in [0.1, 0.15) is 5.82 Å². The predicted octanol–water partition coefficient (Wildman–Crippen LogP) is 5.51. The van der Waals surface area contributed by atoms with Gasteiger partial charge in [-0.05, 0) is 61.4 Å². The average Bonchev–Trinajstić information content (AvgIpc) is 3.24. The van der Waals surface area contributed by atoms with Crippen LogP contribution in [0.15, 0.2) is 68.0 Å². The first-order chi connectivity index (χ1) is 15.8. The molecule has 0 unspecified atom stereocenters. The van der Waals surface area contributed by atoms with Gasteiger partial charge in [0.2, 0.25) is 31.8 Å². The van der Waals surface area contributed by atoms with Crippen LogP contribution in [-0.4, -0.2) is 31.1 Å². The highest BCUT2D eigenvalue weighted by Crippen LogP contribution is 2.35. The molecular weight excluding hydrogens is 487 g/mol. The number of nitrogens with zero attached hydrogens (tertiary/aromatic N) is 1. The van der Waals surface area contributed by atoms with E-state index in [2.05, 4.69) is 10.3 Å². The standard InChI is InChI=1S/C23H22ClFN2O4S2/c24-16-8-12-19(13-9-16)33(29,30)22-23(31-21(27-22)15-6-10-17(25)11-7-15)32-14-20(28)26-18-4-2-1-3-5-18/h6-13,18H,1-5,14H2,(H,26,28). The molecule has 1 amide bonds.